The largest absolute Gasteiger partial charge is 0.459 e. The van der Waals surface area contributed by atoms with Gasteiger partial charge in [-0.2, -0.15) is 4.98 Å². The summed E-state index contributed by atoms with van der Waals surface area (Å²) < 4.78 is 39.0. The van der Waals surface area contributed by atoms with Crippen molar-refractivity contribution < 1.29 is 28.1 Å². The first-order valence-electron chi connectivity index (χ1n) is 13.1. The molecule has 4 N–H and O–H groups in total. The summed E-state index contributed by atoms with van der Waals surface area (Å²) in [6, 6.07) is 16.3. The standard InChI is InChI=1S/C28H32ClN5O6S/c1-34(2)12-11-30-41(37,38)21-9-7-18(8-10-21)17-3-5-19(6-4-17)26-22(29)14-23-27(32-26)33-28(31-23)40-20-13-24(36)25(15-35)39-16-20/h3-10,14,20,24-25,30,35-36H,11-13,15-16H2,1-2H3,(H,31,32,33). The van der Waals surface area contributed by atoms with Crippen LogP contribution in [0.1, 0.15) is 6.42 Å². The summed E-state index contributed by atoms with van der Waals surface area (Å²) in [5, 5.41) is 19.7. The Morgan fingerprint density at radius 2 is 1.76 bits per heavy atom. The maximum absolute atomic E-state index is 12.5. The minimum absolute atomic E-state index is 0.213. The number of hydrogen-bond donors (Lipinski definition) is 4. The molecular formula is C28H32ClN5O6S. The molecule has 2 aromatic carbocycles. The fourth-order valence-corrected chi connectivity index (χ4v) is 5.82. The number of benzene rings is 2. The van der Waals surface area contributed by atoms with Crippen molar-refractivity contribution in [2.75, 3.05) is 40.4 Å². The summed E-state index contributed by atoms with van der Waals surface area (Å²) in [5.74, 6) is 0. The molecule has 3 heterocycles. The molecular weight excluding hydrogens is 570 g/mol. The van der Waals surface area contributed by atoms with Gasteiger partial charge in [0.05, 0.1) is 40.4 Å². The second-order valence-electron chi connectivity index (χ2n) is 10.1. The number of H-pyrrole nitrogens is 1. The number of aromatic amines is 1. The number of aliphatic hydroxyl groups excluding tert-OH is 2. The maximum Gasteiger partial charge on any atom is 0.296 e. The number of nitrogens with zero attached hydrogens (tertiary/aromatic N) is 3. The van der Waals surface area contributed by atoms with Crippen molar-refractivity contribution >= 4 is 32.8 Å². The first-order chi connectivity index (χ1) is 19.6. The predicted molar refractivity (Wildman–Crippen MR) is 155 cm³/mol. The van der Waals surface area contributed by atoms with Crippen molar-refractivity contribution in [1.82, 2.24) is 24.6 Å². The van der Waals surface area contributed by atoms with Gasteiger partial charge in [-0.05, 0) is 43.4 Å². The molecule has 1 fully saturated rings. The normalized spacial score (nSPS) is 19.6. The van der Waals surface area contributed by atoms with Crippen LogP contribution in [-0.2, 0) is 14.8 Å². The molecule has 0 spiro atoms. The highest BCUT2D eigenvalue weighted by molar-refractivity contribution is 7.89. The van der Waals surface area contributed by atoms with Gasteiger partial charge in [0.15, 0.2) is 5.65 Å². The predicted octanol–water partition coefficient (Wildman–Crippen LogP) is 2.67. The number of nitrogens with one attached hydrogen (secondary N) is 2. The lowest BCUT2D eigenvalue weighted by Crippen LogP contribution is -2.45. The van der Waals surface area contributed by atoms with Crippen molar-refractivity contribution in [1.29, 1.82) is 0 Å². The van der Waals surface area contributed by atoms with E-state index < -0.39 is 28.3 Å². The van der Waals surface area contributed by atoms with Crippen LogP contribution >= 0.6 is 11.6 Å². The van der Waals surface area contributed by atoms with Gasteiger partial charge in [-0.3, -0.25) is 0 Å². The number of fused-ring (bicyclic) bond motifs is 1. The van der Waals surface area contributed by atoms with Gasteiger partial charge in [0.1, 0.15) is 12.2 Å². The van der Waals surface area contributed by atoms with Crippen molar-refractivity contribution in [2.24, 2.45) is 0 Å². The molecule has 0 amide bonds. The molecule has 0 radical (unpaired) electrons. The molecule has 2 aromatic heterocycles. The molecule has 0 aliphatic carbocycles. The Balaban J connectivity index is 1.28. The number of pyridine rings is 1. The van der Waals surface area contributed by atoms with Gasteiger partial charge in [0.2, 0.25) is 10.0 Å². The Kier molecular flexibility index (Phi) is 8.90. The van der Waals surface area contributed by atoms with E-state index in [9.17, 15) is 18.6 Å². The first kappa shape index (κ1) is 29.4. The van der Waals surface area contributed by atoms with Gasteiger partial charge >= 0.3 is 0 Å². The van der Waals surface area contributed by atoms with E-state index >= 15 is 0 Å². The van der Waals surface area contributed by atoms with E-state index in [1.165, 1.54) is 0 Å². The zero-order valence-electron chi connectivity index (χ0n) is 22.6. The number of sulfonamides is 1. The van der Waals surface area contributed by atoms with Crippen LogP contribution in [0, 0.1) is 0 Å². The van der Waals surface area contributed by atoms with E-state index in [4.69, 9.17) is 21.1 Å². The summed E-state index contributed by atoms with van der Waals surface area (Å²) in [6.45, 7) is 0.907. The highest BCUT2D eigenvalue weighted by atomic mass is 35.5. The van der Waals surface area contributed by atoms with Gasteiger partial charge in [0, 0.05) is 25.1 Å². The number of rotatable bonds is 10. The number of ether oxygens (including phenoxy) is 2. The van der Waals surface area contributed by atoms with E-state index in [1.54, 1.807) is 30.3 Å². The summed E-state index contributed by atoms with van der Waals surface area (Å²) in [7, 11) is 0.193. The third-order valence-corrected chi connectivity index (χ3v) is 8.57. The molecule has 4 aromatic rings. The highest BCUT2D eigenvalue weighted by Crippen LogP contribution is 2.32. The van der Waals surface area contributed by atoms with E-state index in [2.05, 4.69) is 19.7 Å². The van der Waals surface area contributed by atoms with Gasteiger partial charge < -0.3 is 29.6 Å². The number of likely N-dealkylation sites (N-methyl/N-ethyl adjacent to an activating group) is 1. The van der Waals surface area contributed by atoms with Crippen LogP contribution < -0.4 is 9.46 Å². The molecule has 3 atom stereocenters. The Morgan fingerprint density at radius 3 is 2.39 bits per heavy atom. The van der Waals surface area contributed by atoms with E-state index in [0.717, 1.165) is 16.7 Å². The molecule has 11 nitrogen and oxygen atoms in total. The summed E-state index contributed by atoms with van der Waals surface area (Å²) in [5.41, 5.74) is 4.14. The van der Waals surface area contributed by atoms with Crippen molar-refractivity contribution in [3.63, 3.8) is 0 Å². The number of hydrogen-bond acceptors (Lipinski definition) is 9. The average molecular weight is 602 g/mol. The fourth-order valence-electron chi connectivity index (χ4n) is 4.53. The van der Waals surface area contributed by atoms with Crippen LogP contribution in [0.2, 0.25) is 5.02 Å². The maximum atomic E-state index is 12.5. The molecule has 218 valence electrons. The van der Waals surface area contributed by atoms with Crippen LogP contribution in [0.3, 0.4) is 0 Å². The lowest BCUT2D eigenvalue weighted by Gasteiger charge is -2.31. The second kappa shape index (κ2) is 12.4. The summed E-state index contributed by atoms with van der Waals surface area (Å²) in [4.78, 5) is 14.2. The third kappa shape index (κ3) is 6.87. The molecule has 3 unspecified atom stereocenters. The molecule has 0 bridgehead atoms. The Morgan fingerprint density at radius 1 is 1.10 bits per heavy atom. The number of imidazole rings is 1. The number of halogens is 1. The summed E-state index contributed by atoms with van der Waals surface area (Å²) >= 11 is 6.57. The van der Waals surface area contributed by atoms with Crippen LogP contribution in [0.4, 0.5) is 0 Å². The Bertz CT molecular complexity index is 1600. The van der Waals surface area contributed by atoms with Crippen LogP contribution in [0.25, 0.3) is 33.5 Å². The highest BCUT2D eigenvalue weighted by Gasteiger charge is 2.31. The zero-order chi connectivity index (χ0) is 29.1. The molecule has 13 heteroatoms. The molecule has 1 saturated heterocycles. The van der Waals surface area contributed by atoms with E-state index in [-0.39, 0.29) is 24.1 Å². The first-order valence-corrected chi connectivity index (χ1v) is 15.0. The Labute approximate surface area is 243 Å². The third-order valence-electron chi connectivity index (χ3n) is 6.80. The summed E-state index contributed by atoms with van der Waals surface area (Å²) in [6.07, 6.45) is -1.56. The zero-order valence-corrected chi connectivity index (χ0v) is 24.2. The minimum Gasteiger partial charge on any atom is -0.459 e. The SMILES string of the molecule is CN(C)CCNS(=O)(=O)c1ccc(-c2ccc(-c3nc4nc(OC5COC(CO)C(O)C5)[nH]c4cc3Cl)cc2)cc1. The minimum atomic E-state index is -3.58. The van der Waals surface area contributed by atoms with Gasteiger partial charge in [-0.15, -0.1) is 0 Å². The number of aromatic nitrogens is 3. The van der Waals surface area contributed by atoms with Crippen molar-refractivity contribution in [3.05, 3.63) is 59.6 Å². The van der Waals surface area contributed by atoms with Gasteiger partial charge in [0.25, 0.3) is 6.01 Å². The lowest BCUT2D eigenvalue weighted by molar-refractivity contribution is -0.131. The van der Waals surface area contributed by atoms with Gasteiger partial charge in [-0.1, -0.05) is 48.0 Å². The lowest BCUT2D eigenvalue weighted by atomic mass is 10.0. The smallest absolute Gasteiger partial charge is 0.296 e. The molecule has 1 aliphatic heterocycles. The van der Waals surface area contributed by atoms with Crippen molar-refractivity contribution in [3.8, 4) is 28.4 Å². The molecule has 1 aliphatic rings. The average Bonchev–Trinajstić information content (AvgIpc) is 3.33. The topological polar surface area (TPSA) is 150 Å². The van der Waals surface area contributed by atoms with Crippen LogP contribution in [0.15, 0.2) is 59.5 Å². The van der Waals surface area contributed by atoms with Crippen LogP contribution in [0.5, 0.6) is 6.01 Å². The monoisotopic (exact) mass is 601 g/mol. The Hall–Kier alpha value is -3.10. The molecule has 0 saturated carbocycles. The molecule has 5 rings (SSSR count). The van der Waals surface area contributed by atoms with E-state index in [1.807, 2.05) is 43.3 Å². The van der Waals surface area contributed by atoms with E-state index in [0.29, 0.717) is 41.4 Å². The fraction of sp³-hybridized carbons (Fsp3) is 0.357. The van der Waals surface area contributed by atoms with Crippen molar-refractivity contribution in [2.45, 2.75) is 29.6 Å². The van der Waals surface area contributed by atoms with Crippen LogP contribution in [-0.4, -0.2) is 97.2 Å². The second-order valence-corrected chi connectivity index (χ2v) is 12.3. The quantitative estimate of drug-likeness (QED) is 0.215. The molecule has 41 heavy (non-hydrogen) atoms. The number of aliphatic hydroxyl groups is 2. The van der Waals surface area contributed by atoms with Gasteiger partial charge in [-0.25, -0.2) is 18.1 Å².